The number of aromatic hydroxyl groups is 1. The molecule has 1 heterocycles. The van der Waals surface area contributed by atoms with Crippen molar-refractivity contribution in [1.29, 1.82) is 0 Å². The fourth-order valence-corrected chi connectivity index (χ4v) is 3.96. The Bertz CT molecular complexity index is 556. The van der Waals surface area contributed by atoms with Crippen LogP contribution in [0.5, 0.6) is 11.5 Å². The molecular weight excluding hydrogens is 266 g/mol. The lowest BCUT2D eigenvalue weighted by atomic mass is 10.1. The Balaban J connectivity index is 2.07. The first-order valence-electron chi connectivity index (χ1n) is 6.21. The van der Waals surface area contributed by atoms with E-state index in [-0.39, 0.29) is 23.3 Å². The number of phenols is 1. The third-order valence-electron chi connectivity index (χ3n) is 3.44. The van der Waals surface area contributed by atoms with Gasteiger partial charge in [0.15, 0.2) is 21.3 Å². The van der Waals surface area contributed by atoms with Gasteiger partial charge >= 0.3 is 0 Å². The van der Waals surface area contributed by atoms with E-state index in [2.05, 4.69) is 4.90 Å². The number of benzene rings is 1. The summed E-state index contributed by atoms with van der Waals surface area (Å²) in [6.45, 7) is 3.09. The highest BCUT2D eigenvalue weighted by molar-refractivity contribution is 7.91. The maximum atomic E-state index is 11.5. The maximum Gasteiger partial charge on any atom is 0.160 e. The summed E-state index contributed by atoms with van der Waals surface area (Å²) >= 11 is 0. The Morgan fingerprint density at radius 3 is 2.79 bits per heavy atom. The lowest BCUT2D eigenvalue weighted by Crippen LogP contribution is -2.46. The first-order valence-corrected chi connectivity index (χ1v) is 8.04. The number of methoxy groups -OCH3 is 1. The van der Waals surface area contributed by atoms with Gasteiger partial charge in [0.25, 0.3) is 0 Å². The highest BCUT2D eigenvalue weighted by atomic mass is 32.2. The Labute approximate surface area is 113 Å². The second-order valence-corrected chi connectivity index (χ2v) is 7.17. The highest BCUT2D eigenvalue weighted by Gasteiger charge is 2.27. The van der Waals surface area contributed by atoms with Crippen molar-refractivity contribution >= 4 is 9.84 Å². The van der Waals surface area contributed by atoms with E-state index < -0.39 is 9.84 Å². The van der Waals surface area contributed by atoms with E-state index in [9.17, 15) is 13.5 Å². The van der Waals surface area contributed by atoms with Gasteiger partial charge < -0.3 is 9.84 Å². The Kier molecular flexibility index (Phi) is 4.01. The average Bonchev–Trinajstić information content (AvgIpc) is 2.32. The maximum absolute atomic E-state index is 11.5. The van der Waals surface area contributed by atoms with Gasteiger partial charge in [-0.3, -0.25) is 4.90 Å². The monoisotopic (exact) mass is 285 g/mol. The molecule has 2 rings (SSSR count). The summed E-state index contributed by atoms with van der Waals surface area (Å²) in [6, 6.07) is 5.27. The van der Waals surface area contributed by atoms with Gasteiger partial charge in [0, 0.05) is 19.1 Å². The molecule has 0 bridgehead atoms. The number of rotatable bonds is 3. The number of hydrogen-bond donors (Lipinski definition) is 1. The van der Waals surface area contributed by atoms with Crippen molar-refractivity contribution < 1.29 is 18.3 Å². The topological polar surface area (TPSA) is 66.8 Å². The number of nitrogens with zero attached hydrogens (tertiary/aromatic N) is 1. The molecule has 0 aliphatic carbocycles. The van der Waals surface area contributed by atoms with E-state index >= 15 is 0 Å². The molecule has 0 aromatic heterocycles. The molecule has 1 saturated heterocycles. The molecule has 1 aliphatic rings. The minimum atomic E-state index is -2.89. The number of ether oxygens (including phenoxy) is 1. The fourth-order valence-electron chi connectivity index (χ4n) is 2.34. The van der Waals surface area contributed by atoms with Crippen LogP contribution in [0.3, 0.4) is 0 Å². The molecule has 19 heavy (non-hydrogen) atoms. The van der Waals surface area contributed by atoms with Gasteiger partial charge in [0.2, 0.25) is 0 Å². The SMILES string of the molecule is COc1ccc(CN2CCS(=O)(=O)CC2C)cc1O. The van der Waals surface area contributed by atoms with Gasteiger partial charge in [-0.25, -0.2) is 8.42 Å². The van der Waals surface area contributed by atoms with Crippen LogP contribution in [-0.4, -0.2) is 49.6 Å². The second kappa shape index (κ2) is 5.38. The summed E-state index contributed by atoms with van der Waals surface area (Å²) < 4.78 is 28.0. The molecule has 1 aliphatic heterocycles. The third-order valence-corrected chi connectivity index (χ3v) is 5.23. The van der Waals surface area contributed by atoms with Gasteiger partial charge in [0.05, 0.1) is 18.6 Å². The first kappa shape index (κ1) is 14.1. The van der Waals surface area contributed by atoms with Crippen molar-refractivity contribution in [2.75, 3.05) is 25.2 Å². The van der Waals surface area contributed by atoms with Crippen LogP contribution < -0.4 is 4.74 Å². The van der Waals surface area contributed by atoms with Crippen LogP contribution in [0.4, 0.5) is 0 Å². The summed E-state index contributed by atoms with van der Waals surface area (Å²) in [6.07, 6.45) is 0. The average molecular weight is 285 g/mol. The van der Waals surface area contributed by atoms with Crippen LogP contribution in [0, 0.1) is 0 Å². The smallest absolute Gasteiger partial charge is 0.160 e. The standard InChI is InChI=1S/C13H19NO4S/c1-10-9-19(16,17)6-5-14(10)8-11-3-4-13(18-2)12(15)7-11/h3-4,7,10,15H,5-6,8-9H2,1-2H3. The molecule has 1 aromatic carbocycles. The minimum absolute atomic E-state index is 0.00277. The third kappa shape index (κ3) is 3.39. The van der Waals surface area contributed by atoms with Crippen LogP contribution >= 0.6 is 0 Å². The first-order chi connectivity index (χ1) is 8.91. The zero-order valence-corrected chi connectivity index (χ0v) is 12.0. The van der Waals surface area contributed by atoms with Crippen molar-refractivity contribution in [3.8, 4) is 11.5 Å². The lowest BCUT2D eigenvalue weighted by molar-refractivity contribution is 0.218. The Morgan fingerprint density at radius 2 is 2.21 bits per heavy atom. The number of sulfone groups is 1. The van der Waals surface area contributed by atoms with Crippen molar-refractivity contribution in [2.45, 2.75) is 19.5 Å². The van der Waals surface area contributed by atoms with Crippen LogP contribution in [0.25, 0.3) is 0 Å². The summed E-state index contributed by atoms with van der Waals surface area (Å²) in [7, 11) is -1.38. The van der Waals surface area contributed by atoms with Gasteiger partial charge in [-0.05, 0) is 24.6 Å². The molecule has 1 atom stereocenters. The van der Waals surface area contributed by atoms with Gasteiger partial charge in [0.1, 0.15) is 0 Å². The quantitative estimate of drug-likeness (QED) is 0.898. The van der Waals surface area contributed by atoms with Crippen molar-refractivity contribution in [3.05, 3.63) is 23.8 Å². The van der Waals surface area contributed by atoms with E-state index in [1.807, 2.05) is 13.0 Å². The Morgan fingerprint density at radius 1 is 1.47 bits per heavy atom. The highest BCUT2D eigenvalue weighted by Crippen LogP contribution is 2.27. The minimum Gasteiger partial charge on any atom is -0.504 e. The van der Waals surface area contributed by atoms with Crippen molar-refractivity contribution in [2.24, 2.45) is 0 Å². The number of phenolic OH excluding ortho intramolecular Hbond substituents is 1. The van der Waals surface area contributed by atoms with Crippen LogP contribution in [0.1, 0.15) is 12.5 Å². The molecule has 1 fully saturated rings. The largest absolute Gasteiger partial charge is 0.504 e. The molecule has 1 aromatic rings. The zero-order chi connectivity index (χ0) is 14.0. The predicted molar refractivity (Wildman–Crippen MR) is 73.2 cm³/mol. The van der Waals surface area contributed by atoms with Gasteiger partial charge in [-0.15, -0.1) is 0 Å². The summed E-state index contributed by atoms with van der Waals surface area (Å²) in [4.78, 5) is 2.11. The summed E-state index contributed by atoms with van der Waals surface area (Å²) in [5.41, 5.74) is 0.949. The van der Waals surface area contributed by atoms with Crippen molar-refractivity contribution in [3.63, 3.8) is 0 Å². The normalized spacial score (nSPS) is 23.2. The van der Waals surface area contributed by atoms with E-state index in [0.29, 0.717) is 18.8 Å². The fraction of sp³-hybridized carbons (Fsp3) is 0.538. The van der Waals surface area contributed by atoms with E-state index in [0.717, 1.165) is 5.56 Å². The molecule has 0 spiro atoms. The van der Waals surface area contributed by atoms with E-state index in [1.54, 1.807) is 12.1 Å². The lowest BCUT2D eigenvalue weighted by Gasteiger charge is -2.33. The molecule has 6 heteroatoms. The van der Waals surface area contributed by atoms with Crippen molar-refractivity contribution in [1.82, 2.24) is 4.90 Å². The summed E-state index contributed by atoms with van der Waals surface area (Å²) in [5, 5.41) is 9.73. The van der Waals surface area contributed by atoms with E-state index in [1.165, 1.54) is 7.11 Å². The van der Waals surface area contributed by atoms with Gasteiger partial charge in [-0.1, -0.05) is 6.07 Å². The predicted octanol–water partition coefficient (Wildman–Crippen LogP) is 1.02. The molecule has 0 radical (unpaired) electrons. The van der Waals surface area contributed by atoms with E-state index in [4.69, 9.17) is 4.74 Å². The second-order valence-electron chi connectivity index (χ2n) is 4.94. The van der Waals surface area contributed by atoms with Gasteiger partial charge in [-0.2, -0.15) is 0 Å². The van der Waals surface area contributed by atoms with Crippen LogP contribution in [0.15, 0.2) is 18.2 Å². The molecule has 0 saturated carbocycles. The van der Waals surface area contributed by atoms with Crippen LogP contribution in [0.2, 0.25) is 0 Å². The Hall–Kier alpha value is -1.27. The number of hydrogen-bond acceptors (Lipinski definition) is 5. The molecule has 1 unspecified atom stereocenters. The molecular formula is C13H19NO4S. The summed E-state index contributed by atoms with van der Waals surface area (Å²) in [5.74, 6) is 0.963. The van der Waals surface area contributed by atoms with Crippen LogP contribution in [-0.2, 0) is 16.4 Å². The molecule has 0 amide bonds. The zero-order valence-electron chi connectivity index (χ0n) is 11.2. The molecule has 1 N–H and O–H groups in total. The molecule has 5 nitrogen and oxygen atoms in total. The molecule has 106 valence electrons.